The smallest absolute Gasteiger partial charge is 0.166 e. The SMILES string of the molecule is C#CCC.CC.CCC(=O)c1cnc(Nc2cccc(C#N)n2)cc1Nc1cccc(C(C)=NC(C)C)c1OC. The van der Waals surface area contributed by atoms with Gasteiger partial charge >= 0.3 is 0 Å². The molecule has 0 atom stereocenters. The lowest BCUT2D eigenvalue weighted by Crippen LogP contribution is -2.08. The monoisotopic (exact) mass is 540 g/mol. The van der Waals surface area contributed by atoms with Gasteiger partial charge in [0.15, 0.2) is 11.5 Å². The Bertz CT molecular complexity index is 1370. The first-order valence-corrected chi connectivity index (χ1v) is 13.4. The first-order valence-electron chi connectivity index (χ1n) is 13.4. The van der Waals surface area contributed by atoms with Gasteiger partial charge in [0.05, 0.1) is 24.0 Å². The fourth-order valence-corrected chi connectivity index (χ4v) is 3.48. The van der Waals surface area contributed by atoms with Crippen LogP contribution in [0.25, 0.3) is 0 Å². The third-order valence-electron chi connectivity index (χ3n) is 5.18. The van der Waals surface area contributed by atoms with Gasteiger partial charge in [-0.05, 0) is 45.0 Å². The second-order valence-corrected chi connectivity index (χ2v) is 8.41. The average Bonchev–Trinajstić information content (AvgIpc) is 2.97. The number of rotatable bonds is 9. The lowest BCUT2D eigenvalue weighted by molar-refractivity contribution is 0.0988. The molecule has 0 radical (unpaired) electrons. The van der Waals surface area contributed by atoms with Crippen molar-refractivity contribution in [1.82, 2.24) is 9.97 Å². The van der Waals surface area contributed by atoms with Crippen LogP contribution < -0.4 is 15.4 Å². The third-order valence-corrected chi connectivity index (χ3v) is 5.18. The summed E-state index contributed by atoms with van der Waals surface area (Å²) in [7, 11) is 1.61. The quantitative estimate of drug-likeness (QED) is 0.162. The number of ketones is 1. The first kappa shape index (κ1) is 33.3. The molecule has 3 aromatic rings. The van der Waals surface area contributed by atoms with Crippen molar-refractivity contribution in [3.63, 3.8) is 0 Å². The summed E-state index contributed by atoms with van der Waals surface area (Å²) in [5.41, 5.74) is 3.77. The number of anilines is 4. The van der Waals surface area contributed by atoms with E-state index < -0.39 is 0 Å². The van der Waals surface area contributed by atoms with E-state index in [4.69, 9.17) is 16.4 Å². The fourth-order valence-electron chi connectivity index (χ4n) is 3.48. The molecule has 2 aromatic heterocycles. The Morgan fingerprint density at radius 2 is 1.75 bits per heavy atom. The second kappa shape index (κ2) is 17.8. The van der Waals surface area contributed by atoms with Crippen molar-refractivity contribution in [3.8, 4) is 24.2 Å². The van der Waals surface area contributed by atoms with Crippen molar-refractivity contribution in [2.24, 2.45) is 4.99 Å². The average molecular weight is 541 g/mol. The number of hydrogen-bond donors (Lipinski definition) is 2. The number of hydrogen-bond acceptors (Lipinski definition) is 8. The van der Waals surface area contributed by atoms with Crippen LogP contribution in [0.4, 0.5) is 23.0 Å². The highest BCUT2D eigenvalue weighted by atomic mass is 16.5. The summed E-state index contributed by atoms with van der Waals surface area (Å²) in [6.07, 6.45) is 7.50. The molecule has 0 aliphatic carbocycles. The molecule has 210 valence electrons. The molecule has 0 fully saturated rings. The summed E-state index contributed by atoms with van der Waals surface area (Å²) in [4.78, 5) is 25.9. The Morgan fingerprint density at radius 3 is 2.33 bits per heavy atom. The van der Waals surface area contributed by atoms with Crippen molar-refractivity contribution in [2.45, 2.75) is 67.3 Å². The number of benzene rings is 1. The molecule has 8 nitrogen and oxygen atoms in total. The van der Waals surface area contributed by atoms with E-state index in [0.717, 1.165) is 17.7 Å². The van der Waals surface area contributed by atoms with Crippen LogP contribution in [0.2, 0.25) is 0 Å². The van der Waals surface area contributed by atoms with Gasteiger partial charge in [0.25, 0.3) is 0 Å². The molecule has 0 saturated carbocycles. The zero-order valence-corrected chi connectivity index (χ0v) is 24.8. The molecule has 40 heavy (non-hydrogen) atoms. The summed E-state index contributed by atoms with van der Waals surface area (Å²) in [5, 5.41) is 15.5. The molecule has 0 bridgehead atoms. The highest BCUT2D eigenvalue weighted by molar-refractivity contribution is 6.04. The van der Waals surface area contributed by atoms with Crippen LogP contribution >= 0.6 is 0 Å². The number of methoxy groups -OCH3 is 1. The topological polar surface area (TPSA) is 112 Å². The molecule has 0 saturated heterocycles. The number of pyridine rings is 2. The summed E-state index contributed by atoms with van der Waals surface area (Å²) < 4.78 is 5.73. The van der Waals surface area contributed by atoms with Gasteiger partial charge in [-0.1, -0.05) is 39.8 Å². The van der Waals surface area contributed by atoms with Crippen molar-refractivity contribution in [2.75, 3.05) is 17.7 Å². The maximum absolute atomic E-state index is 12.6. The number of aromatic nitrogens is 2. The molecule has 2 N–H and O–H groups in total. The Kier molecular flexibility index (Phi) is 14.8. The van der Waals surface area contributed by atoms with E-state index in [1.54, 1.807) is 31.4 Å². The first-order chi connectivity index (χ1) is 19.3. The highest BCUT2D eigenvalue weighted by Crippen LogP contribution is 2.34. The van der Waals surface area contributed by atoms with Crippen LogP contribution in [0, 0.1) is 23.7 Å². The number of carbonyl (C=O) groups excluding carboxylic acids is 1. The van der Waals surface area contributed by atoms with Gasteiger partial charge in [0, 0.05) is 42.4 Å². The van der Waals surface area contributed by atoms with E-state index in [9.17, 15) is 4.79 Å². The molecular formula is C32H40N6O2. The second-order valence-electron chi connectivity index (χ2n) is 8.41. The minimum atomic E-state index is -0.0428. The molecular weight excluding hydrogens is 500 g/mol. The van der Waals surface area contributed by atoms with Crippen LogP contribution in [0.1, 0.15) is 82.9 Å². The van der Waals surface area contributed by atoms with E-state index in [1.165, 1.54) is 6.20 Å². The predicted octanol–water partition coefficient (Wildman–Crippen LogP) is 7.71. The Morgan fingerprint density at radius 1 is 1.07 bits per heavy atom. The number of nitriles is 1. The van der Waals surface area contributed by atoms with Gasteiger partial charge in [0.2, 0.25) is 0 Å². The van der Waals surface area contributed by atoms with Gasteiger partial charge in [-0.15, -0.1) is 12.3 Å². The van der Waals surface area contributed by atoms with E-state index in [-0.39, 0.29) is 11.8 Å². The molecule has 0 aliphatic rings. The number of nitrogens with zero attached hydrogens (tertiary/aromatic N) is 4. The molecule has 3 rings (SSSR count). The number of Topliss-reactive ketones (excluding diaryl/α,β-unsaturated/α-hetero) is 1. The van der Waals surface area contributed by atoms with Gasteiger partial charge < -0.3 is 15.4 Å². The van der Waals surface area contributed by atoms with Crippen LogP contribution in [0.3, 0.4) is 0 Å². The Balaban J connectivity index is 0.00000122. The highest BCUT2D eigenvalue weighted by Gasteiger charge is 2.17. The number of aliphatic imine (C=N–C) groups is 1. The van der Waals surface area contributed by atoms with E-state index in [0.29, 0.717) is 46.4 Å². The van der Waals surface area contributed by atoms with Gasteiger partial charge in [-0.3, -0.25) is 9.79 Å². The van der Waals surface area contributed by atoms with Crippen LogP contribution in [-0.2, 0) is 0 Å². The zero-order chi connectivity index (χ0) is 30.1. The minimum Gasteiger partial charge on any atom is -0.494 e. The van der Waals surface area contributed by atoms with Crippen molar-refractivity contribution in [3.05, 3.63) is 65.5 Å². The maximum Gasteiger partial charge on any atom is 0.166 e. The third kappa shape index (κ3) is 9.89. The molecule has 0 spiro atoms. The number of ether oxygens (including phenoxy) is 1. The molecule has 1 aromatic carbocycles. The Labute approximate surface area is 238 Å². The molecule has 0 unspecified atom stereocenters. The lowest BCUT2D eigenvalue weighted by Gasteiger charge is -2.18. The lowest BCUT2D eigenvalue weighted by atomic mass is 10.1. The normalized spacial score (nSPS) is 10.1. The molecule has 0 amide bonds. The standard InChI is InChI=1S/C26H28N6O2.C4H6.C2H6/c1-6-23(33)20-15-28-25(32-24-12-7-9-18(14-27)30-24)13-22(20)31-21-11-8-10-19(26(21)34-5)17(4)29-16(2)3;1-3-4-2;1-2/h7-13,15-16H,6H2,1-5H3,(H2,28,30,31,32);1H,4H2,2H3;1-2H3. The van der Waals surface area contributed by atoms with Crippen LogP contribution in [-0.4, -0.2) is 34.6 Å². The number of terminal acetylenes is 1. The summed E-state index contributed by atoms with van der Waals surface area (Å²) in [6, 6.07) is 14.8. The fraction of sp³-hybridized carbons (Fsp3) is 0.344. The summed E-state index contributed by atoms with van der Waals surface area (Å²) >= 11 is 0. The largest absolute Gasteiger partial charge is 0.494 e. The molecule has 8 heteroatoms. The van der Waals surface area contributed by atoms with E-state index in [1.807, 2.05) is 72.7 Å². The number of carbonyl (C=O) groups is 1. The zero-order valence-electron chi connectivity index (χ0n) is 24.8. The maximum atomic E-state index is 12.6. The van der Waals surface area contributed by atoms with Gasteiger partial charge in [-0.2, -0.15) is 5.26 Å². The van der Waals surface area contributed by atoms with Crippen molar-refractivity contribution < 1.29 is 9.53 Å². The van der Waals surface area contributed by atoms with E-state index in [2.05, 4.69) is 31.5 Å². The summed E-state index contributed by atoms with van der Waals surface area (Å²) in [5.74, 6) is 3.98. The van der Waals surface area contributed by atoms with E-state index >= 15 is 0 Å². The van der Waals surface area contributed by atoms with Gasteiger partial charge in [-0.25, -0.2) is 9.97 Å². The number of para-hydroxylation sites is 1. The Hall–Kier alpha value is -4.69. The predicted molar refractivity (Wildman–Crippen MR) is 165 cm³/mol. The summed E-state index contributed by atoms with van der Waals surface area (Å²) in [6.45, 7) is 13.7. The molecule has 2 heterocycles. The van der Waals surface area contributed by atoms with Gasteiger partial charge in [0.1, 0.15) is 23.4 Å². The molecule has 0 aliphatic heterocycles. The van der Waals surface area contributed by atoms with Crippen molar-refractivity contribution >= 4 is 34.5 Å². The number of nitrogens with one attached hydrogen (secondary N) is 2. The van der Waals surface area contributed by atoms with Crippen LogP contribution in [0.15, 0.2) is 53.7 Å². The van der Waals surface area contributed by atoms with Crippen molar-refractivity contribution in [1.29, 1.82) is 5.26 Å². The van der Waals surface area contributed by atoms with Crippen LogP contribution in [0.5, 0.6) is 5.75 Å². The minimum absolute atomic E-state index is 0.0428.